The predicted molar refractivity (Wildman–Crippen MR) is 81.2 cm³/mol. The topological polar surface area (TPSA) is 61.8 Å². The van der Waals surface area contributed by atoms with Crippen LogP contribution in [0.5, 0.6) is 0 Å². The zero-order valence-electron chi connectivity index (χ0n) is 13.7. The van der Waals surface area contributed by atoms with Crippen LogP contribution in [0.1, 0.15) is 46.5 Å². The lowest BCUT2D eigenvalue weighted by atomic mass is 9.71. The molecule has 1 fully saturated rings. The smallest absolute Gasteiger partial charge is 0.318 e. The van der Waals surface area contributed by atoms with Gasteiger partial charge in [0.1, 0.15) is 5.92 Å². The monoisotopic (exact) mass is 310 g/mol. The molecule has 2 rings (SSSR count). The zero-order valence-corrected chi connectivity index (χ0v) is 13.7. The molecule has 0 N–H and O–H groups in total. The van der Waals surface area contributed by atoms with Gasteiger partial charge in [-0.3, -0.25) is 9.59 Å². The van der Waals surface area contributed by atoms with Gasteiger partial charge in [-0.2, -0.15) is 0 Å². The van der Waals surface area contributed by atoms with Gasteiger partial charge in [-0.25, -0.2) is 0 Å². The third kappa shape index (κ3) is 3.25. The van der Waals surface area contributed by atoms with Crippen LogP contribution in [-0.2, 0) is 23.8 Å². The lowest BCUT2D eigenvalue weighted by molar-refractivity contribution is -0.267. The molecule has 0 unspecified atom stereocenters. The Hall–Kier alpha value is -1.20. The Morgan fingerprint density at radius 2 is 1.91 bits per heavy atom. The molecule has 0 heterocycles. The van der Waals surface area contributed by atoms with Crippen LogP contribution in [0, 0.1) is 11.8 Å². The Labute approximate surface area is 132 Å². The van der Waals surface area contributed by atoms with Gasteiger partial charge in [0.2, 0.25) is 0 Å². The summed E-state index contributed by atoms with van der Waals surface area (Å²) < 4.78 is 17.0. The van der Waals surface area contributed by atoms with Crippen LogP contribution in [0.3, 0.4) is 0 Å². The molecular formula is C17H26O5. The fourth-order valence-electron chi connectivity index (χ4n) is 3.56. The second-order valence-corrected chi connectivity index (χ2v) is 5.75. The zero-order chi connectivity index (χ0) is 16.2. The van der Waals surface area contributed by atoms with Gasteiger partial charge in [0.05, 0.1) is 6.61 Å². The minimum atomic E-state index is -1.01. The van der Waals surface area contributed by atoms with E-state index in [-0.39, 0.29) is 17.7 Å². The van der Waals surface area contributed by atoms with E-state index in [4.69, 9.17) is 14.2 Å². The standard InChI is InChI=1S/C17H26O5/c1-4-20-16(19)14-10-13-12(8-7-9-15(13)18)11-17(14,21-5-2)22-6-3/h10,12,14H,4-9,11H2,1-3H3/t12-,14+/m0/s1. The van der Waals surface area contributed by atoms with Crippen molar-refractivity contribution in [2.45, 2.75) is 52.2 Å². The lowest BCUT2D eigenvalue weighted by Crippen LogP contribution is -2.52. The number of ketones is 1. The summed E-state index contributed by atoms with van der Waals surface area (Å²) in [5, 5.41) is 0. The van der Waals surface area contributed by atoms with Crippen molar-refractivity contribution in [1.82, 2.24) is 0 Å². The summed E-state index contributed by atoms with van der Waals surface area (Å²) in [6, 6.07) is 0. The van der Waals surface area contributed by atoms with Gasteiger partial charge in [0, 0.05) is 26.1 Å². The number of Topliss-reactive ketones (excluding diaryl/α,β-unsaturated/α-hetero) is 1. The molecule has 0 aromatic carbocycles. The van der Waals surface area contributed by atoms with E-state index in [1.807, 2.05) is 13.8 Å². The summed E-state index contributed by atoms with van der Waals surface area (Å²) in [5.74, 6) is -1.81. The molecule has 1 saturated carbocycles. The highest BCUT2D eigenvalue weighted by Gasteiger charge is 2.51. The molecule has 22 heavy (non-hydrogen) atoms. The van der Waals surface area contributed by atoms with E-state index >= 15 is 0 Å². The van der Waals surface area contributed by atoms with Crippen LogP contribution in [0.15, 0.2) is 11.6 Å². The number of fused-ring (bicyclic) bond motifs is 1. The molecule has 2 aliphatic rings. The number of allylic oxidation sites excluding steroid dienone is 1. The highest BCUT2D eigenvalue weighted by atomic mass is 16.7. The quantitative estimate of drug-likeness (QED) is 0.557. The van der Waals surface area contributed by atoms with Crippen molar-refractivity contribution in [2.24, 2.45) is 11.8 Å². The average Bonchev–Trinajstić information content (AvgIpc) is 2.47. The Kier molecular flexibility index (Phi) is 5.75. The summed E-state index contributed by atoms with van der Waals surface area (Å²) in [7, 11) is 0. The van der Waals surface area contributed by atoms with Crippen molar-refractivity contribution in [3.05, 3.63) is 11.6 Å². The van der Waals surface area contributed by atoms with E-state index < -0.39 is 11.7 Å². The fourth-order valence-corrected chi connectivity index (χ4v) is 3.56. The number of esters is 1. The largest absolute Gasteiger partial charge is 0.465 e. The van der Waals surface area contributed by atoms with Crippen LogP contribution in [0.2, 0.25) is 0 Å². The maximum Gasteiger partial charge on any atom is 0.318 e. The van der Waals surface area contributed by atoms with Crippen molar-refractivity contribution in [3.8, 4) is 0 Å². The van der Waals surface area contributed by atoms with Crippen molar-refractivity contribution in [3.63, 3.8) is 0 Å². The second kappa shape index (κ2) is 7.38. The van der Waals surface area contributed by atoms with Gasteiger partial charge in [-0.15, -0.1) is 0 Å². The van der Waals surface area contributed by atoms with Gasteiger partial charge in [-0.05, 0) is 45.1 Å². The molecule has 0 amide bonds. The number of ether oxygens (including phenoxy) is 3. The van der Waals surface area contributed by atoms with Crippen LogP contribution in [0.4, 0.5) is 0 Å². The number of hydrogen-bond acceptors (Lipinski definition) is 5. The van der Waals surface area contributed by atoms with E-state index in [0.717, 1.165) is 18.4 Å². The number of carbonyl (C=O) groups is 2. The van der Waals surface area contributed by atoms with Gasteiger partial charge in [0.15, 0.2) is 11.6 Å². The third-order valence-electron chi connectivity index (χ3n) is 4.39. The molecule has 2 atom stereocenters. The lowest BCUT2D eigenvalue weighted by Gasteiger charge is -2.44. The fraction of sp³-hybridized carbons (Fsp3) is 0.765. The van der Waals surface area contributed by atoms with Crippen LogP contribution in [-0.4, -0.2) is 37.4 Å². The number of hydrogen-bond donors (Lipinski definition) is 0. The summed E-state index contributed by atoms with van der Waals surface area (Å²) in [6.45, 7) is 6.72. The maximum absolute atomic E-state index is 12.4. The first-order valence-corrected chi connectivity index (χ1v) is 8.27. The molecule has 0 saturated heterocycles. The Morgan fingerprint density at radius 1 is 1.23 bits per heavy atom. The Balaban J connectivity index is 2.41. The van der Waals surface area contributed by atoms with Gasteiger partial charge < -0.3 is 14.2 Å². The van der Waals surface area contributed by atoms with E-state index in [0.29, 0.717) is 32.7 Å². The average molecular weight is 310 g/mol. The molecule has 2 aliphatic carbocycles. The van der Waals surface area contributed by atoms with E-state index in [2.05, 4.69) is 0 Å². The summed E-state index contributed by atoms with van der Waals surface area (Å²) in [6.07, 6.45) is 4.68. The van der Waals surface area contributed by atoms with Crippen molar-refractivity contribution >= 4 is 11.8 Å². The van der Waals surface area contributed by atoms with Crippen LogP contribution in [0.25, 0.3) is 0 Å². The van der Waals surface area contributed by atoms with Gasteiger partial charge in [-0.1, -0.05) is 6.08 Å². The molecule has 124 valence electrons. The first-order valence-electron chi connectivity index (χ1n) is 8.27. The molecule has 0 aromatic heterocycles. The second-order valence-electron chi connectivity index (χ2n) is 5.75. The number of carbonyl (C=O) groups excluding carboxylic acids is 2. The van der Waals surface area contributed by atoms with Crippen LogP contribution < -0.4 is 0 Å². The minimum Gasteiger partial charge on any atom is -0.465 e. The van der Waals surface area contributed by atoms with Crippen molar-refractivity contribution in [2.75, 3.05) is 19.8 Å². The van der Waals surface area contributed by atoms with Gasteiger partial charge in [0.25, 0.3) is 0 Å². The number of rotatable bonds is 6. The van der Waals surface area contributed by atoms with Crippen molar-refractivity contribution in [1.29, 1.82) is 0 Å². The first kappa shape index (κ1) is 17.2. The first-order chi connectivity index (χ1) is 10.6. The van der Waals surface area contributed by atoms with Gasteiger partial charge >= 0.3 is 5.97 Å². The molecule has 0 aromatic rings. The van der Waals surface area contributed by atoms with E-state index in [9.17, 15) is 9.59 Å². The predicted octanol–water partition coefficient (Wildman–Crippen LogP) is 2.63. The molecule has 5 heteroatoms. The molecule has 5 nitrogen and oxygen atoms in total. The molecule has 0 bridgehead atoms. The third-order valence-corrected chi connectivity index (χ3v) is 4.39. The molecule has 0 radical (unpaired) electrons. The van der Waals surface area contributed by atoms with E-state index in [1.54, 1.807) is 13.0 Å². The summed E-state index contributed by atoms with van der Waals surface area (Å²) in [5.41, 5.74) is 0.763. The van der Waals surface area contributed by atoms with Crippen molar-refractivity contribution < 1.29 is 23.8 Å². The Morgan fingerprint density at radius 3 is 2.50 bits per heavy atom. The maximum atomic E-state index is 12.4. The highest BCUT2D eigenvalue weighted by molar-refractivity contribution is 5.97. The molecule has 0 aliphatic heterocycles. The molecular weight excluding hydrogens is 284 g/mol. The SMILES string of the molecule is CCOC(=O)[C@H]1C=C2C(=O)CCC[C@H]2CC1(OCC)OCC. The summed E-state index contributed by atoms with van der Waals surface area (Å²) >= 11 is 0. The summed E-state index contributed by atoms with van der Waals surface area (Å²) in [4.78, 5) is 24.6. The Bertz CT molecular complexity index is 448. The van der Waals surface area contributed by atoms with Crippen LogP contribution >= 0.6 is 0 Å². The highest BCUT2D eigenvalue weighted by Crippen LogP contribution is 2.45. The minimum absolute atomic E-state index is 0.116. The normalized spacial score (nSPS) is 27.0. The van der Waals surface area contributed by atoms with E-state index in [1.165, 1.54) is 0 Å². The molecule has 0 spiro atoms.